The number of amides is 1. The Balaban J connectivity index is 2.12. The van der Waals surface area contributed by atoms with Crippen molar-refractivity contribution in [2.45, 2.75) is 6.42 Å². The normalized spacial score (nSPS) is 19.0. The van der Waals surface area contributed by atoms with Gasteiger partial charge in [0, 0.05) is 18.7 Å². The summed E-state index contributed by atoms with van der Waals surface area (Å²) in [6, 6.07) is 3.73. The topological polar surface area (TPSA) is 57.6 Å². The van der Waals surface area contributed by atoms with Crippen LogP contribution in [0.2, 0.25) is 5.02 Å². The van der Waals surface area contributed by atoms with E-state index in [0.717, 1.165) is 6.07 Å². The Morgan fingerprint density at radius 2 is 2.17 bits per heavy atom. The van der Waals surface area contributed by atoms with Crippen molar-refractivity contribution in [3.05, 3.63) is 34.6 Å². The number of hydrogen-bond donors (Lipinski definition) is 1. The molecule has 1 saturated heterocycles. The summed E-state index contributed by atoms with van der Waals surface area (Å²) in [5.74, 6) is -2.33. The van der Waals surface area contributed by atoms with Gasteiger partial charge in [-0.2, -0.15) is 0 Å². The summed E-state index contributed by atoms with van der Waals surface area (Å²) in [6.07, 6.45) is 0.440. The predicted octanol–water partition coefficient (Wildman–Crippen LogP) is 2.03. The molecule has 1 atom stereocenters. The summed E-state index contributed by atoms with van der Waals surface area (Å²) in [5.41, 5.74) is 0.271. The molecule has 0 aromatic heterocycles. The van der Waals surface area contributed by atoms with Crippen LogP contribution in [0.5, 0.6) is 0 Å². The zero-order chi connectivity index (χ0) is 13.3. The summed E-state index contributed by atoms with van der Waals surface area (Å²) in [6.45, 7) is 0.577. The Labute approximate surface area is 108 Å². The fraction of sp³-hybridized carbons (Fsp3) is 0.333. The fourth-order valence-corrected chi connectivity index (χ4v) is 2.14. The van der Waals surface area contributed by atoms with E-state index in [2.05, 4.69) is 0 Å². The molecule has 1 N–H and O–H groups in total. The van der Waals surface area contributed by atoms with Crippen LogP contribution in [-0.2, 0) is 4.79 Å². The highest BCUT2D eigenvalue weighted by atomic mass is 35.5. The second-order valence-electron chi connectivity index (χ2n) is 4.20. The van der Waals surface area contributed by atoms with E-state index in [4.69, 9.17) is 16.7 Å². The number of aliphatic carboxylic acids is 1. The zero-order valence-electron chi connectivity index (χ0n) is 9.40. The van der Waals surface area contributed by atoms with Gasteiger partial charge in [-0.3, -0.25) is 9.59 Å². The van der Waals surface area contributed by atoms with E-state index in [0.29, 0.717) is 13.0 Å². The molecule has 1 aromatic carbocycles. The molecule has 0 bridgehead atoms. The molecule has 1 aromatic rings. The van der Waals surface area contributed by atoms with Crippen LogP contribution >= 0.6 is 11.6 Å². The lowest BCUT2D eigenvalue weighted by Crippen LogP contribution is -2.29. The van der Waals surface area contributed by atoms with Crippen LogP contribution in [0.3, 0.4) is 0 Å². The highest BCUT2D eigenvalue weighted by Gasteiger charge is 2.31. The van der Waals surface area contributed by atoms with Gasteiger partial charge in [0.25, 0.3) is 5.91 Å². The molecule has 96 valence electrons. The summed E-state index contributed by atoms with van der Waals surface area (Å²) < 4.78 is 13.0. The number of carbonyl (C=O) groups is 2. The largest absolute Gasteiger partial charge is 0.481 e. The summed E-state index contributed by atoms with van der Waals surface area (Å²) in [5, 5.41) is 8.74. The average molecular weight is 272 g/mol. The maximum Gasteiger partial charge on any atom is 0.308 e. The van der Waals surface area contributed by atoms with Crippen molar-refractivity contribution in [1.82, 2.24) is 4.90 Å². The van der Waals surface area contributed by atoms with Crippen molar-refractivity contribution in [3.8, 4) is 0 Å². The number of carboxylic acids is 1. The van der Waals surface area contributed by atoms with Crippen LogP contribution in [0.25, 0.3) is 0 Å². The number of halogens is 2. The third-order valence-electron chi connectivity index (χ3n) is 2.99. The minimum Gasteiger partial charge on any atom is -0.481 e. The van der Waals surface area contributed by atoms with Crippen molar-refractivity contribution in [1.29, 1.82) is 0 Å². The van der Waals surface area contributed by atoms with Crippen molar-refractivity contribution in [3.63, 3.8) is 0 Å². The molecular formula is C12H11ClFNO3. The highest BCUT2D eigenvalue weighted by Crippen LogP contribution is 2.21. The second-order valence-corrected chi connectivity index (χ2v) is 4.61. The lowest BCUT2D eigenvalue weighted by atomic mass is 10.1. The smallest absolute Gasteiger partial charge is 0.308 e. The monoisotopic (exact) mass is 271 g/mol. The molecule has 1 aliphatic rings. The molecular weight excluding hydrogens is 261 g/mol. The first-order valence-corrected chi connectivity index (χ1v) is 5.84. The van der Waals surface area contributed by atoms with E-state index in [-0.39, 0.29) is 23.0 Å². The summed E-state index contributed by atoms with van der Waals surface area (Å²) in [4.78, 5) is 24.3. The molecule has 1 fully saturated rings. The Kier molecular flexibility index (Phi) is 3.52. The fourth-order valence-electron chi connectivity index (χ4n) is 1.96. The number of carbonyl (C=O) groups excluding carboxylic acids is 1. The third-order valence-corrected chi connectivity index (χ3v) is 3.28. The van der Waals surface area contributed by atoms with E-state index in [1.807, 2.05) is 0 Å². The summed E-state index contributed by atoms with van der Waals surface area (Å²) >= 11 is 5.60. The lowest BCUT2D eigenvalue weighted by molar-refractivity contribution is -0.141. The van der Waals surface area contributed by atoms with Crippen molar-refractivity contribution in [2.75, 3.05) is 13.1 Å². The summed E-state index contributed by atoms with van der Waals surface area (Å²) in [7, 11) is 0. The predicted molar refractivity (Wildman–Crippen MR) is 63.1 cm³/mol. The van der Waals surface area contributed by atoms with Gasteiger partial charge >= 0.3 is 5.97 Å². The van der Waals surface area contributed by atoms with Crippen LogP contribution in [0.4, 0.5) is 4.39 Å². The molecule has 2 rings (SSSR count). The van der Waals surface area contributed by atoms with Gasteiger partial charge in [0.15, 0.2) is 0 Å². The Bertz CT molecular complexity index is 506. The lowest BCUT2D eigenvalue weighted by Gasteiger charge is -2.15. The van der Waals surface area contributed by atoms with Gasteiger partial charge in [0.2, 0.25) is 0 Å². The van der Waals surface area contributed by atoms with Gasteiger partial charge in [-0.15, -0.1) is 0 Å². The van der Waals surface area contributed by atoms with Crippen molar-refractivity contribution >= 4 is 23.5 Å². The SMILES string of the molecule is O=C(O)C1CCN(C(=O)c2ccc(F)c(Cl)c2)C1. The van der Waals surface area contributed by atoms with E-state index in [9.17, 15) is 14.0 Å². The first-order chi connectivity index (χ1) is 8.49. The van der Waals surface area contributed by atoms with Gasteiger partial charge in [0.1, 0.15) is 5.82 Å². The van der Waals surface area contributed by atoms with Crippen LogP contribution in [0, 0.1) is 11.7 Å². The number of nitrogens with zero attached hydrogens (tertiary/aromatic N) is 1. The molecule has 1 aliphatic heterocycles. The molecule has 0 aliphatic carbocycles. The number of benzene rings is 1. The zero-order valence-corrected chi connectivity index (χ0v) is 10.2. The van der Waals surface area contributed by atoms with Crippen LogP contribution < -0.4 is 0 Å². The van der Waals surface area contributed by atoms with Gasteiger partial charge < -0.3 is 10.0 Å². The standard InChI is InChI=1S/C12H11ClFNO3/c13-9-5-7(1-2-10(9)14)11(16)15-4-3-8(6-15)12(17)18/h1-2,5,8H,3-4,6H2,(H,17,18). The molecule has 1 unspecified atom stereocenters. The quantitative estimate of drug-likeness (QED) is 0.895. The second kappa shape index (κ2) is 4.94. The van der Waals surface area contributed by atoms with E-state index < -0.39 is 17.7 Å². The van der Waals surface area contributed by atoms with Crippen molar-refractivity contribution < 1.29 is 19.1 Å². The maximum atomic E-state index is 13.0. The Morgan fingerprint density at radius 1 is 1.44 bits per heavy atom. The van der Waals surface area contributed by atoms with E-state index >= 15 is 0 Å². The van der Waals surface area contributed by atoms with Crippen molar-refractivity contribution in [2.24, 2.45) is 5.92 Å². The van der Waals surface area contributed by atoms with E-state index in [1.165, 1.54) is 17.0 Å². The molecule has 1 heterocycles. The van der Waals surface area contributed by atoms with Gasteiger partial charge in [-0.05, 0) is 24.6 Å². The van der Waals surface area contributed by atoms with Crippen LogP contribution in [0.1, 0.15) is 16.8 Å². The third kappa shape index (κ3) is 2.46. The Morgan fingerprint density at radius 3 is 2.72 bits per heavy atom. The first kappa shape index (κ1) is 12.8. The average Bonchev–Trinajstić information content (AvgIpc) is 2.81. The van der Waals surface area contributed by atoms with E-state index in [1.54, 1.807) is 0 Å². The van der Waals surface area contributed by atoms with Crippen LogP contribution in [-0.4, -0.2) is 35.0 Å². The minimum atomic E-state index is -0.901. The number of hydrogen-bond acceptors (Lipinski definition) is 2. The first-order valence-electron chi connectivity index (χ1n) is 5.46. The van der Waals surface area contributed by atoms with Gasteiger partial charge in [-0.25, -0.2) is 4.39 Å². The number of rotatable bonds is 2. The molecule has 18 heavy (non-hydrogen) atoms. The van der Waals surface area contributed by atoms with Gasteiger partial charge in [-0.1, -0.05) is 11.6 Å². The molecule has 0 saturated carbocycles. The molecule has 0 spiro atoms. The highest BCUT2D eigenvalue weighted by molar-refractivity contribution is 6.31. The molecule has 4 nitrogen and oxygen atoms in total. The molecule has 1 amide bonds. The van der Waals surface area contributed by atoms with Crippen LogP contribution in [0.15, 0.2) is 18.2 Å². The number of likely N-dealkylation sites (tertiary alicyclic amines) is 1. The Hall–Kier alpha value is -1.62. The number of carboxylic acid groups (broad SMARTS) is 1. The minimum absolute atomic E-state index is 0.116. The molecule has 6 heteroatoms. The maximum absolute atomic E-state index is 13.0. The van der Waals surface area contributed by atoms with Gasteiger partial charge in [0.05, 0.1) is 10.9 Å². The molecule has 0 radical (unpaired) electrons.